The highest BCUT2D eigenvalue weighted by molar-refractivity contribution is 7.79. The van der Waals surface area contributed by atoms with Crippen molar-refractivity contribution in [3.63, 3.8) is 0 Å². The van der Waals surface area contributed by atoms with E-state index in [-0.39, 0.29) is 12.2 Å². The van der Waals surface area contributed by atoms with E-state index >= 15 is 0 Å². The van der Waals surface area contributed by atoms with Gasteiger partial charge in [-0.1, -0.05) is 43.2 Å². The number of halogens is 3. The van der Waals surface area contributed by atoms with E-state index in [1.165, 1.54) is 0 Å². The first-order valence-electron chi connectivity index (χ1n) is 5.54. The van der Waals surface area contributed by atoms with Crippen molar-refractivity contribution in [2.24, 2.45) is 0 Å². The Morgan fingerprint density at radius 3 is 1.75 bits per heavy atom. The third-order valence-electron chi connectivity index (χ3n) is 2.27. The Hall–Kier alpha value is -0.100. The summed E-state index contributed by atoms with van der Waals surface area (Å²) < 4.78 is 55.6. The van der Waals surface area contributed by atoms with Crippen LogP contribution in [0, 0.1) is 0 Å². The maximum atomic E-state index is 11.7. The van der Waals surface area contributed by atoms with Crippen molar-refractivity contribution in [3.05, 3.63) is 0 Å². The van der Waals surface area contributed by atoms with Crippen LogP contribution in [0.5, 0.6) is 0 Å². The van der Waals surface area contributed by atoms with Crippen LogP contribution in [0.4, 0.5) is 13.2 Å². The third kappa shape index (κ3) is 13.9. The Morgan fingerprint density at radius 1 is 0.875 bits per heavy atom. The van der Waals surface area contributed by atoms with Crippen LogP contribution in [-0.2, 0) is 11.1 Å². The summed E-state index contributed by atoms with van der Waals surface area (Å²) in [7, 11) is 0. The Labute approximate surface area is 96.9 Å². The topological polar surface area (TPSA) is 40.1 Å². The van der Waals surface area contributed by atoms with Gasteiger partial charge in [0.15, 0.2) is 0 Å². The highest BCUT2D eigenvalue weighted by atomic mass is 32.2. The second-order valence-electron chi connectivity index (χ2n) is 3.85. The summed E-state index contributed by atoms with van der Waals surface area (Å²) in [6, 6.07) is 0. The number of hydrogen-bond donors (Lipinski definition) is 0. The molecule has 1 unspecified atom stereocenters. The lowest BCUT2D eigenvalue weighted by Crippen LogP contribution is -2.06. The van der Waals surface area contributed by atoms with E-state index in [9.17, 15) is 21.9 Å². The molecule has 0 heterocycles. The fourth-order valence-electron chi connectivity index (χ4n) is 1.43. The average Bonchev–Trinajstić information content (AvgIpc) is 2.13. The van der Waals surface area contributed by atoms with Crippen LogP contribution in [0.25, 0.3) is 0 Å². The molecule has 16 heavy (non-hydrogen) atoms. The molecule has 0 amide bonds. The fraction of sp³-hybridized carbons (Fsp3) is 1.00. The quantitative estimate of drug-likeness (QED) is 0.469. The Kier molecular flexibility index (Phi) is 8.93. The Morgan fingerprint density at radius 2 is 1.31 bits per heavy atom. The van der Waals surface area contributed by atoms with Crippen LogP contribution in [0.2, 0.25) is 0 Å². The van der Waals surface area contributed by atoms with E-state index in [1.807, 2.05) is 0 Å². The molecule has 2 nitrogen and oxygen atoms in total. The van der Waals surface area contributed by atoms with Gasteiger partial charge in [0.1, 0.15) is 0 Å². The van der Waals surface area contributed by atoms with Gasteiger partial charge in [-0.2, -0.15) is 13.2 Å². The maximum absolute atomic E-state index is 11.7. The highest BCUT2D eigenvalue weighted by Crippen LogP contribution is 2.23. The minimum Gasteiger partial charge on any atom is -0.772 e. The van der Waals surface area contributed by atoms with E-state index in [0.717, 1.165) is 25.7 Å². The molecule has 0 spiro atoms. The molecule has 6 heteroatoms. The van der Waals surface area contributed by atoms with Gasteiger partial charge in [0.2, 0.25) is 0 Å². The molecular weight excluding hydrogens is 241 g/mol. The van der Waals surface area contributed by atoms with Gasteiger partial charge in [0.05, 0.1) is 0 Å². The van der Waals surface area contributed by atoms with Crippen molar-refractivity contribution in [2.75, 3.05) is 5.75 Å². The minimum atomic E-state index is -4.03. The summed E-state index contributed by atoms with van der Waals surface area (Å²) in [4.78, 5) is 0. The highest BCUT2D eigenvalue weighted by Gasteiger charge is 2.25. The molecule has 1 atom stereocenters. The molecule has 0 rings (SSSR count). The molecule has 0 aromatic heterocycles. The van der Waals surface area contributed by atoms with E-state index < -0.39 is 23.7 Å². The van der Waals surface area contributed by atoms with Crippen molar-refractivity contribution < 1.29 is 21.9 Å². The van der Waals surface area contributed by atoms with Gasteiger partial charge in [0, 0.05) is 12.2 Å². The van der Waals surface area contributed by atoms with E-state index in [2.05, 4.69) is 0 Å². The summed E-state index contributed by atoms with van der Waals surface area (Å²) in [6.07, 6.45) is 0.177. The van der Waals surface area contributed by atoms with Gasteiger partial charge in [-0.05, 0) is 12.8 Å². The van der Waals surface area contributed by atoms with Crippen LogP contribution in [0.15, 0.2) is 0 Å². The predicted octanol–water partition coefficient (Wildman–Crippen LogP) is 3.55. The predicted molar refractivity (Wildman–Crippen MR) is 56.8 cm³/mol. The number of rotatable bonds is 9. The molecule has 0 aliphatic heterocycles. The zero-order chi connectivity index (χ0) is 12.4. The molecule has 0 aliphatic carbocycles. The smallest absolute Gasteiger partial charge is 0.389 e. The monoisotopic (exact) mass is 259 g/mol. The first kappa shape index (κ1) is 15.9. The summed E-state index contributed by atoms with van der Waals surface area (Å²) in [6.45, 7) is 0. The molecular formula is C10H18F3O2S-. The van der Waals surface area contributed by atoms with Crippen molar-refractivity contribution in [1.82, 2.24) is 0 Å². The standard InChI is InChI=1S/C10H19F3O2S/c11-10(12,13)8-6-4-2-1-3-5-7-9-16(14)15/h1-9H2,(H,14,15)/p-1. The summed E-state index contributed by atoms with van der Waals surface area (Å²) in [5, 5.41) is 0. The zero-order valence-electron chi connectivity index (χ0n) is 9.22. The van der Waals surface area contributed by atoms with E-state index in [4.69, 9.17) is 0 Å². The Balaban J connectivity index is 3.07. The fourth-order valence-corrected chi connectivity index (χ4v) is 1.87. The summed E-state index contributed by atoms with van der Waals surface area (Å²) >= 11 is -1.96. The molecule has 0 bridgehead atoms. The summed E-state index contributed by atoms with van der Waals surface area (Å²) in [5.74, 6) is 0.189. The molecule has 0 fully saturated rings. The van der Waals surface area contributed by atoms with E-state index in [0.29, 0.717) is 12.8 Å². The van der Waals surface area contributed by atoms with Gasteiger partial charge in [-0.15, -0.1) is 0 Å². The Bertz CT molecular complexity index is 195. The molecule has 0 radical (unpaired) electrons. The molecule has 0 N–H and O–H groups in total. The lowest BCUT2D eigenvalue weighted by atomic mass is 10.1. The molecule has 0 aliphatic rings. The first-order valence-corrected chi connectivity index (χ1v) is 6.79. The SMILES string of the molecule is O=S([O-])CCCCCCCCCC(F)(F)F. The van der Waals surface area contributed by atoms with Crippen molar-refractivity contribution in [3.8, 4) is 0 Å². The maximum Gasteiger partial charge on any atom is 0.389 e. The van der Waals surface area contributed by atoms with Gasteiger partial charge in [-0.25, -0.2) is 0 Å². The molecule has 0 saturated carbocycles. The minimum absolute atomic E-state index is 0.189. The van der Waals surface area contributed by atoms with Gasteiger partial charge in [-0.3, -0.25) is 4.21 Å². The van der Waals surface area contributed by atoms with Crippen LogP contribution < -0.4 is 0 Å². The van der Waals surface area contributed by atoms with Gasteiger partial charge >= 0.3 is 6.18 Å². The van der Waals surface area contributed by atoms with Crippen LogP contribution in [-0.4, -0.2) is 20.7 Å². The van der Waals surface area contributed by atoms with Crippen molar-refractivity contribution >= 4 is 11.1 Å². The number of hydrogen-bond acceptors (Lipinski definition) is 2. The summed E-state index contributed by atoms with van der Waals surface area (Å²) in [5.41, 5.74) is 0. The van der Waals surface area contributed by atoms with Crippen LogP contribution in [0.1, 0.15) is 51.4 Å². The van der Waals surface area contributed by atoms with Gasteiger partial charge < -0.3 is 4.55 Å². The average molecular weight is 259 g/mol. The second-order valence-corrected chi connectivity index (χ2v) is 4.86. The lowest BCUT2D eigenvalue weighted by Gasteiger charge is -2.06. The molecule has 0 saturated heterocycles. The largest absolute Gasteiger partial charge is 0.772 e. The van der Waals surface area contributed by atoms with Crippen molar-refractivity contribution in [2.45, 2.75) is 57.5 Å². The van der Waals surface area contributed by atoms with E-state index in [1.54, 1.807) is 0 Å². The number of alkyl halides is 3. The zero-order valence-corrected chi connectivity index (χ0v) is 10.0. The number of unbranched alkanes of at least 4 members (excludes halogenated alkanes) is 6. The van der Waals surface area contributed by atoms with Crippen LogP contribution in [0.3, 0.4) is 0 Å². The third-order valence-corrected chi connectivity index (χ3v) is 2.89. The van der Waals surface area contributed by atoms with Crippen molar-refractivity contribution in [1.29, 1.82) is 0 Å². The molecule has 0 aromatic carbocycles. The second kappa shape index (κ2) is 8.98. The van der Waals surface area contributed by atoms with Crippen LogP contribution >= 0.6 is 0 Å². The van der Waals surface area contributed by atoms with Gasteiger partial charge in [0.25, 0.3) is 0 Å². The lowest BCUT2D eigenvalue weighted by molar-refractivity contribution is -0.135. The first-order chi connectivity index (χ1) is 7.42. The normalized spacial score (nSPS) is 14.0. The molecule has 0 aromatic rings. The molecule has 98 valence electrons.